The van der Waals surface area contributed by atoms with Crippen LogP contribution in [0.1, 0.15) is 0 Å². The number of benzene rings is 5. The maximum Gasteiger partial charge on any atom is 0.181 e. The van der Waals surface area contributed by atoms with E-state index >= 15 is 0 Å². The summed E-state index contributed by atoms with van der Waals surface area (Å²) in [5.41, 5.74) is 8.54. The molecule has 0 aliphatic rings. The third-order valence-electron chi connectivity index (χ3n) is 6.73. The average molecular weight is 465 g/mol. The molecule has 2 heterocycles. The Morgan fingerprint density at radius 1 is 0.389 bits per heavy atom. The summed E-state index contributed by atoms with van der Waals surface area (Å²) in [6.07, 6.45) is 6.26. The Bertz CT molecular complexity index is 1610. The molecule has 0 spiro atoms. The molecule has 0 unspecified atom stereocenters. The van der Waals surface area contributed by atoms with E-state index in [1.165, 1.54) is 56.6 Å². The van der Waals surface area contributed by atoms with Crippen molar-refractivity contribution < 1.29 is 8.83 Å². The van der Waals surface area contributed by atoms with E-state index in [0.29, 0.717) is 0 Å². The third-order valence-corrected chi connectivity index (χ3v) is 6.73. The maximum atomic E-state index is 5.16. The van der Waals surface area contributed by atoms with Crippen molar-refractivity contribution >= 4 is 21.5 Å². The molecule has 0 aliphatic heterocycles. The average Bonchev–Trinajstić information content (AvgIpc) is 3.67. The molecule has 0 N–H and O–H groups in total. The number of aromatic nitrogens is 2. The molecule has 170 valence electrons. The number of oxazole rings is 2. The van der Waals surface area contributed by atoms with E-state index in [9.17, 15) is 0 Å². The van der Waals surface area contributed by atoms with Crippen LogP contribution in [0.4, 0.5) is 0 Å². The lowest BCUT2D eigenvalue weighted by molar-refractivity contribution is 0.558. The van der Waals surface area contributed by atoms with Crippen LogP contribution in [0.3, 0.4) is 0 Å². The van der Waals surface area contributed by atoms with E-state index in [1.807, 2.05) is 0 Å². The minimum absolute atomic E-state index is 0.834. The third kappa shape index (κ3) is 3.31. The van der Waals surface area contributed by atoms with Gasteiger partial charge in [0.1, 0.15) is 23.9 Å². The maximum absolute atomic E-state index is 5.16. The summed E-state index contributed by atoms with van der Waals surface area (Å²) in [5, 5.41) is 4.89. The summed E-state index contributed by atoms with van der Waals surface area (Å²) in [5.74, 6) is 0. The van der Waals surface area contributed by atoms with Crippen LogP contribution in [0.5, 0.6) is 0 Å². The van der Waals surface area contributed by atoms with Gasteiger partial charge in [-0.2, -0.15) is 0 Å². The van der Waals surface area contributed by atoms with Crippen LogP contribution >= 0.6 is 0 Å². The highest BCUT2D eigenvalue weighted by Crippen LogP contribution is 2.44. The molecule has 4 heteroatoms. The Kier molecular flexibility index (Phi) is 4.74. The van der Waals surface area contributed by atoms with Gasteiger partial charge >= 0.3 is 0 Å². The van der Waals surface area contributed by atoms with Gasteiger partial charge in [-0.05, 0) is 43.8 Å². The SMILES string of the molecule is c1ccc2c(-c3ccc(-c4cocn4)cc3)c3ccccc3c(-c3ccc(-c4cocn4)cc3)c2c1. The van der Waals surface area contributed by atoms with Crippen LogP contribution in [0.15, 0.2) is 131 Å². The number of fused-ring (bicyclic) bond motifs is 2. The molecular weight excluding hydrogens is 444 g/mol. The van der Waals surface area contributed by atoms with Crippen LogP contribution in [0, 0.1) is 0 Å². The summed E-state index contributed by atoms with van der Waals surface area (Å²) < 4.78 is 10.3. The molecule has 0 saturated carbocycles. The predicted molar refractivity (Wildman–Crippen MR) is 143 cm³/mol. The molecule has 0 amide bonds. The highest BCUT2D eigenvalue weighted by atomic mass is 16.3. The molecule has 4 nitrogen and oxygen atoms in total. The van der Waals surface area contributed by atoms with E-state index in [-0.39, 0.29) is 0 Å². The molecule has 0 atom stereocenters. The van der Waals surface area contributed by atoms with Crippen molar-refractivity contribution in [2.75, 3.05) is 0 Å². The largest absolute Gasteiger partial charge is 0.451 e. The molecule has 36 heavy (non-hydrogen) atoms. The van der Waals surface area contributed by atoms with E-state index < -0.39 is 0 Å². The van der Waals surface area contributed by atoms with Crippen molar-refractivity contribution in [1.29, 1.82) is 0 Å². The fraction of sp³-hybridized carbons (Fsp3) is 0. The first-order valence-corrected chi connectivity index (χ1v) is 11.8. The molecule has 5 aromatic carbocycles. The molecule has 0 saturated heterocycles. The van der Waals surface area contributed by atoms with Crippen molar-refractivity contribution in [3.05, 3.63) is 122 Å². The lowest BCUT2D eigenvalue weighted by Crippen LogP contribution is -1.91. The molecular formula is C32H20N2O2. The van der Waals surface area contributed by atoms with Gasteiger partial charge in [0, 0.05) is 11.1 Å². The van der Waals surface area contributed by atoms with Crippen LogP contribution in [0.2, 0.25) is 0 Å². The van der Waals surface area contributed by atoms with Crippen LogP contribution in [-0.2, 0) is 0 Å². The molecule has 0 bridgehead atoms. The van der Waals surface area contributed by atoms with E-state index in [0.717, 1.165) is 22.5 Å². The molecule has 0 aliphatic carbocycles. The molecule has 7 rings (SSSR count). The molecule has 0 radical (unpaired) electrons. The second-order valence-electron chi connectivity index (χ2n) is 8.74. The second-order valence-corrected chi connectivity index (χ2v) is 8.74. The Labute approximate surface area is 207 Å². The highest BCUT2D eigenvalue weighted by molar-refractivity contribution is 6.21. The van der Waals surface area contributed by atoms with Gasteiger partial charge < -0.3 is 8.83 Å². The van der Waals surface area contributed by atoms with Gasteiger partial charge in [0.2, 0.25) is 0 Å². The highest BCUT2D eigenvalue weighted by Gasteiger charge is 2.16. The van der Waals surface area contributed by atoms with Crippen molar-refractivity contribution in [3.8, 4) is 44.8 Å². The standard InChI is InChI=1S/C32H20N2O2/c1-2-6-26-25(5-1)31(23-13-9-21(10-14-23)29-17-35-19-33-29)27-7-3-4-8-28(27)32(26)24-15-11-22(12-16-24)30-18-36-20-34-30/h1-20H. The quantitative estimate of drug-likeness (QED) is 0.245. The summed E-state index contributed by atoms with van der Waals surface area (Å²) in [6, 6.07) is 34.4. The van der Waals surface area contributed by atoms with Crippen molar-refractivity contribution in [3.63, 3.8) is 0 Å². The Morgan fingerprint density at radius 3 is 1.03 bits per heavy atom. The van der Waals surface area contributed by atoms with Crippen LogP contribution in [0.25, 0.3) is 66.3 Å². The zero-order valence-corrected chi connectivity index (χ0v) is 19.3. The topological polar surface area (TPSA) is 52.1 Å². The van der Waals surface area contributed by atoms with E-state index in [2.05, 4.69) is 107 Å². The normalized spacial score (nSPS) is 11.3. The summed E-state index contributed by atoms with van der Waals surface area (Å²) in [6.45, 7) is 0. The van der Waals surface area contributed by atoms with E-state index in [1.54, 1.807) is 12.5 Å². The first kappa shape index (κ1) is 20.4. The smallest absolute Gasteiger partial charge is 0.181 e. The van der Waals surface area contributed by atoms with Gasteiger partial charge in [-0.1, -0.05) is 97.1 Å². The monoisotopic (exact) mass is 464 g/mol. The van der Waals surface area contributed by atoms with Crippen molar-refractivity contribution in [2.24, 2.45) is 0 Å². The lowest BCUT2D eigenvalue weighted by atomic mass is 9.85. The summed E-state index contributed by atoms with van der Waals surface area (Å²) in [4.78, 5) is 8.56. The van der Waals surface area contributed by atoms with Crippen molar-refractivity contribution in [2.45, 2.75) is 0 Å². The molecule has 0 fully saturated rings. The van der Waals surface area contributed by atoms with Crippen LogP contribution in [-0.4, -0.2) is 9.97 Å². The first-order valence-electron chi connectivity index (χ1n) is 11.8. The Hall–Kier alpha value is -4.96. The summed E-state index contributed by atoms with van der Waals surface area (Å²) >= 11 is 0. The van der Waals surface area contributed by atoms with Gasteiger partial charge in [0.25, 0.3) is 0 Å². The zero-order chi connectivity index (χ0) is 23.9. The van der Waals surface area contributed by atoms with Gasteiger partial charge in [-0.15, -0.1) is 0 Å². The van der Waals surface area contributed by atoms with Gasteiger partial charge in [0.15, 0.2) is 12.8 Å². The van der Waals surface area contributed by atoms with Gasteiger partial charge in [-0.25, -0.2) is 9.97 Å². The number of nitrogens with zero attached hydrogens (tertiary/aromatic N) is 2. The van der Waals surface area contributed by atoms with Gasteiger partial charge in [0.05, 0.1) is 0 Å². The Morgan fingerprint density at radius 2 is 0.722 bits per heavy atom. The van der Waals surface area contributed by atoms with Gasteiger partial charge in [-0.3, -0.25) is 0 Å². The predicted octanol–water partition coefficient (Wildman–Crippen LogP) is 8.64. The number of hydrogen-bond donors (Lipinski definition) is 0. The fourth-order valence-electron chi connectivity index (χ4n) is 5.08. The molecule has 7 aromatic rings. The number of hydrogen-bond acceptors (Lipinski definition) is 4. The van der Waals surface area contributed by atoms with Crippen LogP contribution < -0.4 is 0 Å². The minimum atomic E-state index is 0.834. The zero-order valence-electron chi connectivity index (χ0n) is 19.3. The first-order chi connectivity index (χ1) is 17.9. The minimum Gasteiger partial charge on any atom is -0.451 e. The lowest BCUT2D eigenvalue weighted by Gasteiger charge is -2.18. The summed E-state index contributed by atoms with van der Waals surface area (Å²) in [7, 11) is 0. The number of rotatable bonds is 4. The van der Waals surface area contributed by atoms with Crippen molar-refractivity contribution in [1.82, 2.24) is 9.97 Å². The molecule has 2 aromatic heterocycles. The van der Waals surface area contributed by atoms with E-state index in [4.69, 9.17) is 8.83 Å². The Balaban J connectivity index is 1.45. The fourth-order valence-corrected chi connectivity index (χ4v) is 5.08. The second kappa shape index (κ2) is 8.36.